The summed E-state index contributed by atoms with van der Waals surface area (Å²) >= 11 is 2.87. The van der Waals surface area contributed by atoms with Crippen LogP contribution in [-0.4, -0.2) is 45.6 Å². The molecule has 0 aromatic carbocycles. The summed E-state index contributed by atoms with van der Waals surface area (Å²) in [5, 5.41) is 6.28. The van der Waals surface area contributed by atoms with Gasteiger partial charge in [-0.25, -0.2) is 14.8 Å². The number of hydrogen-bond donors (Lipinski definition) is 1. The van der Waals surface area contributed by atoms with Crippen LogP contribution in [0.1, 0.15) is 0 Å². The van der Waals surface area contributed by atoms with Gasteiger partial charge in [0.2, 0.25) is 5.91 Å². The van der Waals surface area contributed by atoms with Gasteiger partial charge in [0.1, 0.15) is 16.2 Å². The van der Waals surface area contributed by atoms with Crippen molar-refractivity contribution >= 4 is 45.3 Å². The highest BCUT2D eigenvalue weighted by Gasteiger charge is 2.26. The fourth-order valence-electron chi connectivity index (χ4n) is 1.80. The third-order valence-electron chi connectivity index (χ3n) is 2.72. The summed E-state index contributed by atoms with van der Waals surface area (Å²) in [7, 11) is 0. The van der Waals surface area contributed by atoms with Gasteiger partial charge in [0.25, 0.3) is 0 Å². The number of carbonyl (C=O) groups is 2. The van der Waals surface area contributed by atoms with Crippen LogP contribution >= 0.6 is 23.1 Å². The van der Waals surface area contributed by atoms with E-state index in [0.29, 0.717) is 13.1 Å². The van der Waals surface area contributed by atoms with E-state index in [-0.39, 0.29) is 17.7 Å². The lowest BCUT2D eigenvalue weighted by Crippen LogP contribution is -2.35. The number of nitrogens with zero attached hydrogens (tertiary/aromatic N) is 3. The second-order valence-electron chi connectivity index (χ2n) is 3.88. The summed E-state index contributed by atoms with van der Waals surface area (Å²) in [6, 6.07) is 1.63. The maximum Gasteiger partial charge on any atom is 0.324 e. The molecule has 8 heteroatoms. The molecule has 1 saturated heterocycles. The van der Waals surface area contributed by atoms with Crippen molar-refractivity contribution in [1.82, 2.24) is 20.2 Å². The highest BCUT2D eigenvalue weighted by molar-refractivity contribution is 8.00. The number of nitrogens with one attached hydrogen (secondary N) is 1. The molecule has 0 radical (unpaired) electrons. The van der Waals surface area contributed by atoms with E-state index in [9.17, 15) is 9.59 Å². The van der Waals surface area contributed by atoms with Crippen LogP contribution in [0.2, 0.25) is 0 Å². The van der Waals surface area contributed by atoms with Gasteiger partial charge in [0.05, 0.1) is 5.75 Å². The van der Waals surface area contributed by atoms with Gasteiger partial charge in [-0.2, -0.15) is 0 Å². The number of imide groups is 1. The Balaban J connectivity index is 1.70. The molecule has 1 N–H and O–H groups in total. The van der Waals surface area contributed by atoms with Crippen LogP contribution < -0.4 is 5.32 Å². The molecule has 0 aliphatic carbocycles. The second-order valence-corrected chi connectivity index (χ2v) is 5.74. The molecule has 1 aliphatic heterocycles. The van der Waals surface area contributed by atoms with Crippen LogP contribution in [0.3, 0.4) is 0 Å². The molecule has 0 spiro atoms. The van der Waals surface area contributed by atoms with Gasteiger partial charge < -0.3 is 5.32 Å². The zero-order valence-corrected chi connectivity index (χ0v) is 11.5. The van der Waals surface area contributed by atoms with Crippen LogP contribution in [0.4, 0.5) is 4.79 Å². The maximum absolute atomic E-state index is 11.9. The number of fused-ring (bicyclic) bond motifs is 1. The highest BCUT2D eigenvalue weighted by Crippen LogP contribution is 2.27. The third-order valence-corrected chi connectivity index (χ3v) is 4.53. The van der Waals surface area contributed by atoms with Crippen LogP contribution in [0.25, 0.3) is 10.2 Å². The van der Waals surface area contributed by atoms with Gasteiger partial charge in [-0.15, -0.1) is 11.3 Å². The van der Waals surface area contributed by atoms with E-state index in [0.717, 1.165) is 15.2 Å². The topological polar surface area (TPSA) is 75.2 Å². The molecule has 98 valence electrons. The number of hydrogen-bond acceptors (Lipinski definition) is 6. The second kappa shape index (κ2) is 5.14. The molecule has 3 amide bonds. The summed E-state index contributed by atoms with van der Waals surface area (Å²) in [6.07, 6.45) is 1.49. The molecular weight excluding hydrogens is 284 g/mol. The molecule has 0 bridgehead atoms. The Bertz CT molecular complexity index is 642. The van der Waals surface area contributed by atoms with Crippen molar-refractivity contribution in [2.45, 2.75) is 5.03 Å². The molecule has 0 unspecified atom stereocenters. The van der Waals surface area contributed by atoms with Crippen molar-refractivity contribution in [1.29, 1.82) is 0 Å². The Morgan fingerprint density at radius 1 is 1.53 bits per heavy atom. The average Bonchev–Trinajstić information content (AvgIpc) is 3.04. The number of urea groups is 1. The Morgan fingerprint density at radius 2 is 2.42 bits per heavy atom. The summed E-state index contributed by atoms with van der Waals surface area (Å²) in [5.41, 5.74) is 0. The summed E-state index contributed by atoms with van der Waals surface area (Å²) in [4.78, 5) is 33.7. The Kier molecular flexibility index (Phi) is 3.34. The minimum Gasteiger partial charge on any atom is -0.336 e. The van der Waals surface area contributed by atoms with E-state index < -0.39 is 0 Å². The first-order chi connectivity index (χ1) is 9.25. The SMILES string of the molecule is O=C(CSc1ncnc2sccc12)N1CCNC1=O. The predicted octanol–water partition coefficient (Wildman–Crippen LogP) is 1.34. The third kappa shape index (κ3) is 2.41. The smallest absolute Gasteiger partial charge is 0.324 e. The van der Waals surface area contributed by atoms with Gasteiger partial charge in [0, 0.05) is 18.5 Å². The van der Waals surface area contributed by atoms with E-state index in [4.69, 9.17) is 0 Å². The first-order valence-corrected chi connectivity index (χ1v) is 7.51. The average molecular weight is 294 g/mol. The minimum absolute atomic E-state index is 0.193. The molecule has 3 heterocycles. The van der Waals surface area contributed by atoms with Crippen molar-refractivity contribution in [3.8, 4) is 0 Å². The van der Waals surface area contributed by atoms with Crippen molar-refractivity contribution in [3.63, 3.8) is 0 Å². The monoisotopic (exact) mass is 294 g/mol. The minimum atomic E-state index is -0.311. The van der Waals surface area contributed by atoms with Gasteiger partial charge >= 0.3 is 6.03 Å². The van der Waals surface area contributed by atoms with Crippen LogP contribution in [0, 0.1) is 0 Å². The Labute approximate surface area is 117 Å². The van der Waals surface area contributed by atoms with Gasteiger partial charge in [0.15, 0.2) is 0 Å². The number of rotatable bonds is 3. The maximum atomic E-state index is 11.9. The first kappa shape index (κ1) is 12.4. The van der Waals surface area contributed by atoms with Crippen molar-refractivity contribution < 1.29 is 9.59 Å². The van der Waals surface area contributed by atoms with Crippen molar-refractivity contribution in [3.05, 3.63) is 17.8 Å². The highest BCUT2D eigenvalue weighted by atomic mass is 32.2. The number of thioether (sulfide) groups is 1. The number of carbonyl (C=O) groups excluding carboxylic acids is 2. The molecule has 6 nitrogen and oxygen atoms in total. The molecule has 1 aliphatic rings. The lowest BCUT2D eigenvalue weighted by atomic mass is 10.4. The quantitative estimate of drug-likeness (QED) is 0.683. The zero-order chi connectivity index (χ0) is 13.2. The zero-order valence-electron chi connectivity index (χ0n) is 9.83. The van der Waals surface area contributed by atoms with Crippen molar-refractivity contribution in [2.24, 2.45) is 0 Å². The Hall–Kier alpha value is -1.67. The van der Waals surface area contributed by atoms with Gasteiger partial charge in [-0.3, -0.25) is 9.69 Å². The summed E-state index contributed by atoms with van der Waals surface area (Å²) < 4.78 is 0. The van der Waals surface area contributed by atoms with Crippen LogP contribution in [0.15, 0.2) is 22.8 Å². The Morgan fingerprint density at radius 3 is 3.21 bits per heavy atom. The van der Waals surface area contributed by atoms with E-state index in [1.807, 2.05) is 11.4 Å². The van der Waals surface area contributed by atoms with E-state index in [1.165, 1.54) is 34.3 Å². The predicted molar refractivity (Wildman–Crippen MR) is 73.3 cm³/mol. The van der Waals surface area contributed by atoms with Crippen molar-refractivity contribution in [2.75, 3.05) is 18.8 Å². The molecule has 2 aromatic rings. The number of amides is 3. The van der Waals surface area contributed by atoms with E-state index in [1.54, 1.807) is 0 Å². The number of aromatic nitrogens is 2. The summed E-state index contributed by atoms with van der Waals surface area (Å²) in [6.45, 7) is 0.966. The molecular formula is C11H10N4O2S2. The number of thiophene rings is 1. The molecule has 1 fully saturated rings. The normalized spacial score (nSPS) is 14.9. The standard InChI is InChI=1S/C11H10N4O2S2/c16-8(15-3-2-12-11(15)17)5-19-10-7-1-4-18-9(7)13-6-14-10/h1,4,6H,2-3,5H2,(H,12,17). The molecule has 19 heavy (non-hydrogen) atoms. The molecule has 3 rings (SSSR count). The fraction of sp³-hybridized carbons (Fsp3) is 0.273. The summed E-state index contributed by atoms with van der Waals surface area (Å²) in [5.74, 6) is 0.0111. The van der Waals surface area contributed by atoms with E-state index >= 15 is 0 Å². The largest absolute Gasteiger partial charge is 0.336 e. The van der Waals surface area contributed by atoms with Gasteiger partial charge in [-0.1, -0.05) is 11.8 Å². The van der Waals surface area contributed by atoms with Crippen LogP contribution in [0.5, 0.6) is 0 Å². The lowest BCUT2D eigenvalue weighted by Gasteiger charge is -2.11. The lowest BCUT2D eigenvalue weighted by molar-refractivity contribution is -0.124. The first-order valence-electron chi connectivity index (χ1n) is 5.65. The molecule has 0 saturated carbocycles. The molecule has 0 atom stereocenters. The van der Waals surface area contributed by atoms with Crippen LogP contribution in [-0.2, 0) is 4.79 Å². The fourth-order valence-corrected chi connectivity index (χ4v) is 3.46. The van der Waals surface area contributed by atoms with Gasteiger partial charge in [-0.05, 0) is 11.4 Å². The van der Waals surface area contributed by atoms with E-state index in [2.05, 4.69) is 15.3 Å². The molecule has 2 aromatic heterocycles.